The van der Waals surface area contributed by atoms with E-state index in [1.165, 1.54) is 5.56 Å². The summed E-state index contributed by atoms with van der Waals surface area (Å²) in [7, 11) is 0. The molecule has 0 saturated heterocycles. The molecule has 0 spiro atoms. The van der Waals surface area contributed by atoms with Crippen molar-refractivity contribution in [1.82, 2.24) is 0 Å². The Hall–Kier alpha value is -2.62. The van der Waals surface area contributed by atoms with Crippen molar-refractivity contribution < 1.29 is 9.59 Å². The average molecular weight is 334 g/mol. The predicted molar refractivity (Wildman–Crippen MR) is 97.2 cm³/mol. The minimum absolute atomic E-state index is 0.138. The third-order valence-electron chi connectivity index (χ3n) is 5.71. The molecule has 25 heavy (non-hydrogen) atoms. The lowest BCUT2D eigenvalue weighted by molar-refractivity contribution is -0.133. The van der Waals surface area contributed by atoms with Crippen molar-refractivity contribution in [2.45, 2.75) is 31.6 Å². The van der Waals surface area contributed by atoms with Crippen LogP contribution in [0.4, 0.5) is 5.69 Å². The molecule has 4 heteroatoms. The fourth-order valence-corrected chi connectivity index (χ4v) is 4.19. The van der Waals surface area contributed by atoms with Crippen LogP contribution in [0.25, 0.3) is 0 Å². The summed E-state index contributed by atoms with van der Waals surface area (Å²) in [5.74, 6) is -0.638. The number of amides is 2. The van der Waals surface area contributed by atoms with Crippen molar-refractivity contribution in [2.24, 2.45) is 11.1 Å². The Morgan fingerprint density at radius 2 is 1.72 bits per heavy atom. The molecule has 2 amide bonds. The summed E-state index contributed by atoms with van der Waals surface area (Å²) in [5, 5.41) is 0. The van der Waals surface area contributed by atoms with E-state index >= 15 is 0 Å². The summed E-state index contributed by atoms with van der Waals surface area (Å²) in [6, 6.07) is 17.8. The molecular formula is C21H22N2O2. The molecule has 2 aromatic carbocycles. The van der Waals surface area contributed by atoms with Gasteiger partial charge in [0, 0.05) is 12.2 Å². The first-order valence-corrected chi connectivity index (χ1v) is 8.85. The van der Waals surface area contributed by atoms with Crippen molar-refractivity contribution in [3.63, 3.8) is 0 Å². The van der Waals surface area contributed by atoms with Crippen LogP contribution >= 0.6 is 0 Å². The normalized spacial score (nSPS) is 20.6. The highest BCUT2D eigenvalue weighted by molar-refractivity contribution is 6.03. The zero-order valence-electron chi connectivity index (χ0n) is 14.2. The highest BCUT2D eigenvalue weighted by Gasteiger charge is 2.49. The van der Waals surface area contributed by atoms with E-state index < -0.39 is 5.92 Å². The van der Waals surface area contributed by atoms with Gasteiger partial charge in [0.05, 0.1) is 11.3 Å². The minimum Gasteiger partial charge on any atom is -0.369 e. The second-order valence-corrected chi connectivity index (χ2v) is 7.23. The van der Waals surface area contributed by atoms with Gasteiger partial charge in [-0.15, -0.1) is 0 Å². The topological polar surface area (TPSA) is 63.4 Å². The van der Waals surface area contributed by atoms with Crippen LogP contribution in [0.1, 0.15) is 36.3 Å². The highest BCUT2D eigenvalue weighted by Crippen LogP contribution is 2.48. The number of hydrogen-bond donors (Lipinski definition) is 1. The number of rotatable bonds is 4. The Labute approximate surface area is 147 Å². The van der Waals surface area contributed by atoms with Gasteiger partial charge in [0.2, 0.25) is 11.8 Å². The molecule has 2 N–H and O–H groups in total. The first-order valence-electron chi connectivity index (χ1n) is 8.85. The van der Waals surface area contributed by atoms with E-state index in [4.69, 9.17) is 5.73 Å². The van der Waals surface area contributed by atoms with E-state index in [-0.39, 0.29) is 17.2 Å². The molecule has 1 saturated carbocycles. The molecule has 1 fully saturated rings. The van der Waals surface area contributed by atoms with E-state index in [9.17, 15) is 9.59 Å². The van der Waals surface area contributed by atoms with Gasteiger partial charge in [0.15, 0.2) is 0 Å². The molecule has 1 aliphatic carbocycles. The fourth-order valence-electron chi connectivity index (χ4n) is 4.19. The summed E-state index contributed by atoms with van der Waals surface area (Å²) in [5.41, 5.74) is 8.14. The van der Waals surface area contributed by atoms with Gasteiger partial charge in [-0.2, -0.15) is 0 Å². The number of para-hydroxylation sites is 1. The van der Waals surface area contributed by atoms with Crippen molar-refractivity contribution in [2.75, 3.05) is 11.4 Å². The van der Waals surface area contributed by atoms with Crippen molar-refractivity contribution in [1.29, 1.82) is 0 Å². The van der Waals surface area contributed by atoms with Crippen LogP contribution < -0.4 is 10.6 Å². The largest absolute Gasteiger partial charge is 0.369 e. The van der Waals surface area contributed by atoms with Gasteiger partial charge in [0.1, 0.15) is 0 Å². The van der Waals surface area contributed by atoms with E-state index in [1.807, 2.05) is 42.5 Å². The van der Waals surface area contributed by atoms with Gasteiger partial charge in [-0.1, -0.05) is 55.0 Å². The van der Waals surface area contributed by atoms with Crippen molar-refractivity contribution in [3.05, 3.63) is 65.7 Å². The minimum atomic E-state index is -0.408. The number of nitrogens with zero attached hydrogens (tertiary/aromatic N) is 1. The number of fused-ring (bicyclic) bond motifs is 1. The molecule has 128 valence electrons. The zero-order chi connectivity index (χ0) is 17.4. The van der Waals surface area contributed by atoms with Crippen LogP contribution in [0, 0.1) is 5.41 Å². The Kier molecular flexibility index (Phi) is 3.83. The SMILES string of the molecule is NC(=O)C1CN(C(=O)C2(Cc3ccccc3)CCC2)c2ccccc21. The van der Waals surface area contributed by atoms with Gasteiger partial charge in [-0.25, -0.2) is 0 Å². The second-order valence-electron chi connectivity index (χ2n) is 7.23. The van der Waals surface area contributed by atoms with Crippen LogP contribution in [-0.4, -0.2) is 18.4 Å². The monoisotopic (exact) mass is 334 g/mol. The summed E-state index contributed by atoms with van der Waals surface area (Å²) in [6.07, 6.45) is 3.64. The molecule has 0 radical (unpaired) electrons. The van der Waals surface area contributed by atoms with Crippen LogP contribution in [0.5, 0.6) is 0 Å². The number of anilines is 1. The van der Waals surface area contributed by atoms with Crippen LogP contribution in [-0.2, 0) is 16.0 Å². The fraction of sp³-hybridized carbons (Fsp3) is 0.333. The van der Waals surface area contributed by atoms with Crippen molar-refractivity contribution >= 4 is 17.5 Å². The number of primary amides is 1. The van der Waals surface area contributed by atoms with E-state index in [1.54, 1.807) is 4.90 Å². The highest BCUT2D eigenvalue weighted by atomic mass is 16.2. The first kappa shape index (κ1) is 15.9. The molecule has 1 unspecified atom stereocenters. The molecule has 4 rings (SSSR count). The lowest BCUT2D eigenvalue weighted by Gasteiger charge is -2.43. The number of benzene rings is 2. The summed E-state index contributed by atoms with van der Waals surface area (Å²) in [4.78, 5) is 27.1. The Balaban J connectivity index is 1.65. The van der Waals surface area contributed by atoms with Gasteiger partial charge in [-0.3, -0.25) is 9.59 Å². The van der Waals surface area contributed by atoms with Crippen molar-refractivity contribution in [3.8, 4) is 0 Å². The number of hydrogen-bond acceptors (Lipinski definition) is 2. The van der Waals surface area contributed by atoms with Gasteiger partial charge >= 0.3 is 0 Å². The maximum Gasteiger partial charge on any atom is 0.233 e. The third kappa shape index (κ3) is 2.62. The van der Waals surface area contributed by atoms with E-state index in [2.05, 4.69) is 12.1 Å². The quantitative estimate of drug-likeness (QED) is 0.934. The third-order valence-corrected chi connectivity index (χ3v) is 5.71. The standard InChI is InChI=1S/C21H22N2O2/c22-19(24)17-14-23(18-10-5-4-9-16(17)18)20(25)21(11-6-12-21)13-15-7-2-1-3-8-15/h1-5,7-10,17H,6,11-14H2,(H2,22,24). The lowest BCUT2D eigenvalue weighted by Crippen LogP contribution is -2.49. The van der Waals surface area contributed by atoms with Gasteiger partial charge in [0.25, 0.3) is 0 Å². The summed E-state index contributed by atoms with van der Waals surface area (Å²) < 4.78 is 0. The van der Waals surface area contributed by atoms with Crippen LogP contribution in [0.2, 0.25) is 0 Å². The number of carbonyl (C=O) groups is 2. The summed E-state index contributed by atoms with van der Waals surface area (Å²) in [6.45, 7) is 0.365. The van der Waals surface area contributed by atoms with Crippen LogP contribution in [0.15, 0.2) is 54.6 Å². The molecular weight excluding hydrogens is 312 g/mol. The predicted octanol–water partition coefficient (Wildman–Crippen LogP) is 3.02. The maximum absolute atomic E-state index is 13.5. The maximum atomic E-state index is 13.5. The molecule has 1 aliphatic heterocycles. The average Bonchev–Trinajstić information content (AvgIpc) is 2.98. The van der Waals surface area contributed by atoms with Gasteiger partial charge < -0.3 is 10.6 Å². The smallest absolute Gasteiger partial charge is 0.233 e. The molecule has 4 nitrogen and oxygen atoms in total. The molecule has 0 aromatic heterocycles. The number of carbonyl (C=O) groups excluding carboxylic acids is 2. The Bertz CT molecular complexity index is 812. The molecule has 0 bridgehead atoms. The molecule has 2 aromatic rings. The van der Waals surface area contributed by atoms with Gasteiger partial charge in [-0.05, 0) is 36.5 Å². The zero-order valence-corrected chi connectivity index (χ0v) is 14.2. The van der Waals surface area contributed by atoms with E-state index in [0.717, 1.165) is 36.9 Å². The second kappa shape index (κ2) is 6.03. The lowest BCUT2D eigenvalue weighted by atomic mass is 9.64. The molecule has 1 atom stereocenters. The van der Waals surface area contributed by atoms with Crippen LogP contribution in [0.3, 0.4) is 0 Å². The number of nitrogens with two attached hydrogens (primary N) is 1. The summed E-state index contributed by atoms with van der Waals surface area (Å²) >= 11 is 0. The first-order chi connectivity index (χ1) is 12.1. The molecule has 1 heterocycles. The van der Waals surface area contributed by atoms with E-state index in [0.29, 0.717) is 6.54 Å². The molecule has 2 aliphatic rings. The Morgan fingerprint density at radius 1 is 1.04 bits per heavy atom. The Morgan fingerprint density at radius 3 is 2.36 bits per heavy atom.